The first kappa shape index (κ1) is 26.3. The minimum absolute atomic E-state index is 1.00. The van der Waals surface area contributed by atoms with Crippen molar-refractivity contribution in [3.05, 3.63) is 0 Å². The molecule has 7 nitrogen and oxygen atoms in total. The molecule has 1 rings (SSSR count). The Labute approximate surface area is 127 Å². The quantitative estimate of drug-likeness (QED) is 0.379. The Bertz CT molecular complexity index is 283. The Hall–Kier alpha value is -1.60. The van der Waals surface area contributed by atoms with Gasteiger partial charge in [-0.05, 0) is 6.92 Å². The first-order chi connectivity index (χ1) is 10.3. The lowest BCUT2D eigenvalue weighted by Crippen LogP contribution is -2.89. The molecule has 0 unspecified atom stereocenters. The number of aliphatic carboxylic acids is 2. The summed E-state index contributed by atoms with van der Waals surface area (Å²) in [5.41, 5.74) is 3.49. The highest BCUT2D eigenvalue weighted by Crippen LogP contribution is 2.12. The fourth-order valence-corrected chi connectivity index (χ4v) is 0.678. The van der Waals surface area contributed by atoms with E-state index in [4.69, 9.17) is 19.8 Å². The Morgan fingerprint density at radius 1 is 1.00 bits per heavy atom. The number of carboxylic acids is 2. The fourth-order valence-electron chi connectivity index (χ4n) is 0.678. The number of carbonyl (C=O) groups excluding carboxylic acids is 2. The van der Waals surface area contributed by atoms with Crippen molar-refractivity contribution in [2.75, 3.05) is 32.7 Å². The van der Waals surface area contributed by atoms with Crippen LogP contribution < -0.4 is 26.6 Å². The van der Waals surface area contributed by atoms with E-state index in [0.29, 0.717) is 0 Å². The molecule has 1 saturated heterocycles. The number of quaternary nitrogens is 2. The van der Waals surface area contributed by atoms with Gasteiger partial charge in [-0.15, -0.1) is 0 Å². The third-order valence-electron chi connectivity index (χ3n) is 1.51. The Balaban J connectivity index is -0.000000241. The number of nitrogens with two attached hydrogens (primary N) is 1. The smallest absolute Gasteiger partial charge is 0.430 e. The Kier molecular flexibility index (Phi) is 16.0. The van der Waals surface area contributed by atoms with E-state index in [0.717, 1.165) is 6.54 Å². The average Bonchev–Trinajstić information content (AvgIpc) is 2.40. The molecule has 1 aliphatic heterocycles. The molecular formula is C10H19F6N3O4. The number of hydrogen-bond donors (Lipinski definition) is 3. The summed E-state index contributed by atoms with van der Waals surface area (Å²) >= 11 is 0. The van der Waals surface area contributed by atoms with Crippen molar-refractivity contribution in [1.82, 2.24) is 5.32 Å². The number of carboxylic acid groups (broad SMARTS) is 2. The molecule has 1 aliphatic rings. The van der Waals surface area contributed by atoms with Crippen LogP contribution in [0.4, 0.5) is 26.3 Å². The van der Waals surface area contributed by atoms with Crippen molar-refractivity contribution >= 4 is 11.9 Å². The molecule has 23 heavy (non-hydrogen) atoms. The van der Waals surface area contributed by atoms with Crippen molar-refractivity contribution < 1.29 is 57.2 Å². The highest BCUT2D eigenvalue weighted by Gasteiger charge is 2.29. The molecular weight excluding hydrogens is 340 g/mol. The summed E-state index contributed by atoms with van der Waals surface area (Å²) in [7, 11) is 0. The zero-order valence-electron chi connectivity index (χ0n) is 12.2. The fraction of sp³-hybridized carbons (Fsp3) is 0.800. The second-order valence-corrected chi connectivity index (χ2v) is 3.69. The van der Waals surface area contributed by atoms with Crippen LogP contribution in [-0.2, 0) is 9.59 Å². The van der Waals surface area contributed by atoms with Gasteiger partial charge in [0.1, 0.15) is 11.9 Å². The van der Waals surface area contributed by atoms with Gasteiger partial charge in [0.05, 0.1) is 19.6 Å². The van der Waals surface area contributed by atoms with Gasteiger partial charge >= 0.3 is 12.4 Å². The normalized spacial score (nSPS) is 13.9. The van der Waals surface area contributed by atoms with Crippen LogP contribution in [0.25, 0.3) is 0 Å². The van der Waals surface area contributed by atoms with Crippen molar-refractivity contribution in [1.29, 1.82) is 0 Å². The minimum Gasteiger partial charge on any atom is -0.542 e. The summed E-state index contributed by atoms with van der Waals surface area (Å²) in [5.74, 6) is -6.01. The zero-order valence-corrected chi connectivity index (χ0v) is 12.2. The van der Waals surface area contributed by atoms with Gasteiger partial charge in [-0.2, -0.15) is 26.3 Å². The van der Waals surface area contributed by atoms with E-state index in [-0.39, 0.29) is 0 Å². The molecule has 0 radical (unpaired) electrons. The Morgan fingerprint density at radius 3 is 1.26 bits per heavy atom. The van der Waals surface area contributed by atoms with Crippen molar-refractivity contribution in [2.24, 2.45) is 0 Å². The molecule has 0 aromatic heterocycles. The van der Waals surface area contributed by atoms with Crippen LogP contribution in [-0.4, -0.2) is 57.0 Å². The molecule has 0 aliphatic carbocycles. The van der Waals surface area contributed by atoms with Gasteiger partial charge in [0.2, 0.25) is 0 Å². The molecule has 13 heteroatoms. The standard InChI is InChI=1S/C4H10N2.2C2HF3O2.C2H7N/c1-2-6-4-3-5-1;2*3-2(4,5)1(6)7;1-2-3/h5-6H,1-4H2;2*(H,6,7);2-3H2,1H3. The maximum absolute atomic E-state index is 10.5. The third-order valence-corrected chi connectivity index (χ3v) is 1.51. The molecule has 1 fully saturated rings. The van der Waals surface area contributed by atoms with Gasteiger partial charge in [-0.1, -0.05) is 0 Å². The number of hydrogen-bond acceptors (Lipinski definition) is 5. The minimum atomic E-state index is -5.19. The predicted molar refractivity (Wildman–Crippen MR) is 60.1 cm³/mol. The van der Waals surface area contributed by atoms with E-state index >= 15 is 0 Å². The maximum Gasteiger partial charge on any atom is 0.430 e. The van der Waals surface area contributed by atoms with Crippen LogP contribution in [0.5, 0.6) is 0 Å². The second-order valence-electron chi connectivity index (χ2n) is 3.69. The van der Waals surface area contributed by atoms with Crippen LogP contribution in [0.2, 0.25) is 0 Å². The summed E-state index contributed by atoms with van der Waals surface area (Å²) in [6.07, 6.45) is -10.4. The van der Waals surface area contributed by atoms with E-state index < -0.39 is 24.3 Å². The molecule has 0 amide bonds. The van der Waals surface area contributed by atoms with Gasteiger partial charge in [0.25, 0.3) is 0 Å². The van der Waals surface area contributed by atoms with E-state index in [9.17, 15) is 26.3 Å². The van der Waals surface area contributed by atoms with Crippen LogP contribution in [0.3, 0.4) is 0 Å². The molecule has 0 bridgehead atoms. The number of halogens is 6. The van der Waals surface area contributed by atoms with Crippen LogP contribution in [0.15, 0.2) is 0 Å². The molecule has 6 N–H and O–H groups in total. The first-order valence-corrected chi connectivity index (χ1v) is 6.18. The van der Waals surface area contributed by atoms with Crippen LogP contribution in [0, 0.1) is 0 Å². The summed E-state index contributed by atoms with van der Waals surface area (Å²) in [5, 5.41) is 23.2. The van der Waals surface area contributed by atoms with Gasteiger partial charge in [0.15, 0.2) is 0 Å². The molecule has 1 heterocycles. The Morgan fingerprint density at radius 2 is 1.22 bits per heavy atom. The first-order valence-electron chi connectivity index (χ1n) is 6.18. The van der Waals surface area contributed by atoms with E-state index in [2.05, 4.69) is 16.4 Å². The van der Waals surface area contributed by atoms with Gasteiger partial charge in [0, 0.05) is 13.1 Å². The zero-order chi connectivity index (χ0) is 19.1. The number of nitrogens with one attached hydrogen (secondary N) is 1. The molecule has 0 saturated carbocycles. The summed E-state index contributed by atoms with van der Waals surface area (Å²) in [6, 6.07) is 0. The second kappa shape index (κ2) is 14.0. The highest BCUT2D eigenvalue weighted by atomic mass is 19.4. The monoisotopic (exact) mass is 359 g/mol. The van der Waals surface area contributed by atoms with Gasteiger partial charge in [-0.25, -0.2) is 0 Å². The van der Waals surface area contributed by atoms with Gasteiger partial charge < -0.3 is 36.2 Å². The average molecular weight is 359 g/mol. The number of carbonyl (C=O) groups is 2. The lowest BCUT2D eigenvalue weighted by Gasteiger charge is -2.07. The molecule has 0 aromatic rings. The lowest BCUT2D eigenvalue weighted by molar-refractivity contribution is -0.657. The molecule has 0 atom stereocenters. The molecule has 0 aromatic carbocycles. The van der Waals surface area contributed by atoms with Gasteiger partial charge in [-0.3, -0.25) is 0 Å². The highest BCUT2D eigenvalue weighted by molar-refractivity contribution is 5.71. The third kappa shape index (κ3) is 25.7. The number of rotatable bonds is 0. The van der Waals surface area contributed by atoms with Crippen molar-refractivity contribution in [3.63, 3.8) is 0 Å². The summed E-state index contributed by atoms with van der Waals surface area (Å²) < 4.78 is 63.1. The molecule has 140 valence electrons. The topological polar surface area (TPSA) is 137 Å². The lowest BCUT2D eigenvalue weighted by atomic mass is 10.4. The predicted octanol–water partition coefficient (Wildman–Crippen LogP) is -4.00. The number of alkyl halides is 6. The van der Waals surface area contributed by atoms with Crippen molar-refractivity contribution in [2.45, 2.75) is 19.3 Å². The SMILES string of the molecule is C1C[NH2+]CCN1.CC[NH3+].O=C([O-])C(F)(F)F.O=C([O-])C(F)(F)F. The van der Waals surface area contributed by atoms with E-state index in [1.165, 1.54) is 26.2 Å². The number of piperazine rings is 1. The maximum atomic E-state index is 10.5. The van der Waals surface area contributed by atoms with Crippen LogP contribution >= 0.6 is 0 Å². The largest absolute Gasteiger partial charge is 0.542 e. The van der Waals surface area contributed by atoms with Crippen LogP contribution in [0.1, 0.15) is 6.92 Å². The van der Waals surface area contributed by atoms with E-state index in [1.807, 2.05) is 6.92 Å². The summed E-state index contributed by atoms with van der Waals surface area (Å²) in [6.45, 7) is 7.93. The van der Waals surface area contributed by atoms with Crippen molar-refractivity contribution in [3.8, 4) is 0 Å². The summed E-state index contributed by atoms with van der Waals surface area (Å²) in [4.78, 5) is 17.6. The molecule has 0 spiro atoms. The van der Waals surface area contributed by atoms with E-state index in [1.54, 1.807) is 0 Å².